The molecule has 22 heavy (non-hydrogen) atoms. The fraction of sp³-hybridized carbons (Fsp3) is 0. The maximum Gasteiger partial charge on any atom is 0.363 e. The summed E-state index contributed by atoms with van der Waals surface area (Å²) in [6, 6.07) is 11.1. The molecule has 0 saturated heterocycles. The number of cyclic esters (lactones) is 1. The molecular formula is C16H8ClFINO2. The summed E-state index contributed by atoms with van der Waals surface area (Å²) in [5.41, 5.74) is 1.37. The number of halogens is 3. The Morgan fingerprint density at radius 1 is 1.18 bits per heavy atom. The van der Waals surface area contributed by atoms with Crippen LogP contribution in [0.4, 0.5) is 4.39 Å². The Labute approximate surface area is 144 Å². The lowest BCUT2D eigenvalue weighted by Crippen LogP contribution is -2.06. The summed E-state index contributed by atoms with van der Waals surface area (Å²) >= 11 is 8.25. The molecule has 0 amide bonds. The Hall–Kier alpha value is -1.73. The summed E-state index contributed by atoms with van der Waals surface area (Å²) < 4.78 is 19.0. The van der Waals surface area contributed by atoms with Crippen molar-refractivity contribution in [2.24, 2.45) is 4.99 Å². The van der Waals surface area contributed by atoms with E-state index in [-0.39, 0.29) is 17.4 Å². The lowest BCUT2D eigenvalue weighted by molar-refractivity contribution is -0.129. The van der Waals surface area contributed by atoms with Gasteiger partial charge in [-0.05, 0) is 64.6 Å². The number of rotatable bonds is 2. The summed E-state index contributed by atoms with van der Waals surface area (Å²) in [6.45, 7) is 0. The zero-order chi connectivity index (χ0) is 15.7. The molecule has 1 aliphatic rings. The van der Waals surface area contributed by atoms with Crippen molar-refractivity contribution in [2.75, 3.05) is 0 Å². The van der Waals surface area contributed by atoms with Gasteiger partial charge in [0.2, 0.25) is 5.90 Å². The highest BCUT2D eigenvalue weighted by Crippen LogP contribution is 2.25. The van der Waals surface area contributed by atoms with Crippen molar-refractivity contribution in [3.05, 3.63) is 73.7 Å². The first-order valence-electron chi connectivity index (χ1n) is 6.26. The third-order valence-electron chi connectivity index (χ3n) is 2.95. The average Bonchev–Trinajstić information content (AvgIpc) is 2.85. The van der Waals surface area contributed by atoms with Crippen molar-refractivity contribution in [1.82, 2.24) is 0 Å². The summed E-state index contributed by atoms with van der Waals surface area (Å²) in [5.74, 6) is -0.734. The number of benzene rings is 2. The SMILES string of the molecule is O=C1OC(c2cc(I)ccc2Cl)=N/C1=C/c1ccc(F)cc1. The van der Waals surface area contributed by atoms with Gasteiger partial charge in [-0.1, -0.05) is 23.7 Å². The molecule has 110 valence electrons. The van der Waals surface area contributed by atoms with Crippen molar-refractivity contribution in [3.8, 4) is 0 Å². The Morgan fingerprint density at radius 3 is 2.64 bits per heavy atom. The number of esters is 1. The van der Waals surface area contributed by atoms with E-state index in [4.69, 9.17) is 16.3 Å². The standard InChI is InChI=1S/C16H8ClFINO2/c17-13-6-5-11(19)8-12(13)15-20-14(16(21)22-15)7-9-1-3-10(18)4-2-9/h1-8H/b14-7+. The first-order chi connectivity index (χ1) is 10.5. The van der Waals surface area contributed by atoms with Gasteiger partial charge in [0, 0.05) is 3.57 Å². The van der Waals surface area contributed by atoms with Crippen molar-refractivity contribution in [2.45, 2.75) is 0 Å². The third kappa shape index (κ3) is 3.20. The van der Waals surface area contributed by atoms with Gasteiger partial charge < -0.3 is 4.74 Å². The molecule has 0 N–H and O–H groups in total. The number of ether oxygens (including phenoxy) is 1. The minimum Gasteiger partial charge on any atom is -0.402 e. The smallest absolute Gasteiger partial charge is 0.363 e. The van der Waals surface area contributed by atoms with Gasteiger partial charge in [0.1, 0.15) is 5.82 Å². The van der Waals surface area contributed by atoms with Crippen LogP contribution in [0.1, 0.15) is 11.1 Å². The minimum absolute atomic E-state index is 0.150. The molecule has 0 bridgehead atoms. The largest absolute Gasteiger partial charge is 0.402 e. The normalized spacial score (nSPS) is 15.9. The topological polar surface area (TPSA) is 38.7 Å². The molecule has 0 fully saturated rings. The van der Waals surface area contributed by atoms with E-state index >= 15 is 0 Å². The van der Waals surface area contributed by atoms with Gasteiger partial charge in [-0.15, -0.1) is 0 Å². The maximum atomic E-state index is 12.9. The first kappa shape index (κ1) is 15.2. The zero-order valence-corrected chi connectivity index (χ0v) is 13.9. The molecule has 1 aliphatic heterocycles. The number of carbonyl (C=O) groups is 1. The van der Waals surface area contributed by atoms with Crippen LogP contribution in [0.2, 0.25) is 5.02 Å². The van der Waals surface area contributed by atoms with Crippen LogP contribution in [0.25, 0.3) is 6.08 Å². The first-order valence-corrected chi connectivity index (χ1v) is 7.72. The highest BCUT2D eigenvalue weighted by Gasteiger charge is 2.25. The van der Waals surface area contributed by atoms with Gasteiger partial charge in [-0.3, -0.25) is 0 Å². The molecule has 0 atom stereocenters. The van der Waals surface area contributed by atoms with Crippen LogP contribution in [0, 0.1) is 9.39 Å². The molecular weight excluding hydrogens is 420 g/mol. The van der Waals surface area contributed by atoms with Crippen LogP contribution in [0.3, 0.4) is 0 Å². The summed E-state index contributed by atoms with van der Waals surface area (Å²) in [5, 5.41) is 0.454. The van der Waals surface area contributed by atoms with E-state index in [0.717, 1.165) is 3.57 Å². The number of hydrogen-bond donors (Lipinski definition) is 0. The van der Waals surface area contributed by atoms with Gasteiger partial charge in [-0.2, -0.15) is 0 Å². The number of aliphatic imine (C=N–C) groups is 1. The molecule has 2 aromatic rings. The third-order valence-corrected chi connectivity index (χ3v) is 3.95. The fourth-order valence-corrected chi connectivity index (χ4v) is 2.59. The van der Waals surface area contributed by atoms with Crippen molar-refractivity contribution >= 4 is 52.1 Å². The lowest BCUT2D eigenvalue weighted by Gasteiger charge is -2.02. The quantitative estimate of drug-likeness (QED) is 0.404. The second kappa shape index (κ2) is 6.18. The number of nitrogens with zero attached hydrogens (tertiary/aromatic N) is 1. The second-order valence-electron chi connectivity index (χ2n) is 4.51. The van der Waals surface area contributed by atoms with Crippen LogP contribution in [-0.2, 0) is 9.53 Å². The highest BCUT2D eigenvalue weighted by molar-refractivity contribution is 14.1. The molecule has 0 unspecified atom stereocenters. The molecule has 6 heteroatoms. The van der Waals surface area contributed by atoms with E-state index in [1.165, 1.54) is 18.2 Å². The van der Waals surface area contributed by atoms with Crippen molar-refractivity contribution < 1.29 is 13.9 Å². The molecule has 3 rings (SSSR count). The second-order valence-corrected chi connectivity index (χ2v) is 6.16. The van der Waals surface area contributed by atoms with E-state index in [1.54, 1.807) is 24.3 Å². The van der Waals surface area contributed by atoms with Gasteiger partial charge in [-0.25, -0.2) is 14.2 Å². The number of hydrogen-bond acceptors (Lipinski definition) is 3. The lowest BCUT2D eigenvalue weighted by atomic mass is 10.2. The summed E-state index contributed by atoms with van der Waals surface area (Å²) in [6.07, 6.45) is 1.54. The highest BCUT2D eigenvalue weighted by atomic mass is 127. The molecule has 2 aromatic carbocycles. The van der Waals surface area contributed by atoms with Crippen molar-refractivity contribution in [3.63, 3.8) is 0 Å². The summed E-state index contributed by atoms with van der Waals surface area (Å²) in [7, 11) is 0. The maximum absolute atomic E-state index is 12.9. The van der Waals surface area contributed by atoms with Crippen molar-refractivity contribution in [1.29, 1.82) is 0 Å². The Morgan fingerprint density at radius 2 is 1.91 bits per heavy atom. The van der Waals surface area contributed by atoms with Crippen LogP contribution in [0.15, 0.2) is 53.2 Å². The van der Waals surface area contributed by atoms with Gasteiger partial charge >= 0.3 is 5.97 Å². The summed E-state index contributed by atoms with van der Waals surface area (Å²) in [4.78, 5) is 16.1. The molecule has 0 spiro atoms. The van der Waals surface area contributed by atoms with E-state index in [2.05, 4.69) is 27.6 Å². The Bertz CT molecular complexity index is 815. The molecule has 0 aromatic heterocycles. The van der Waals surface area contributed by atoms with Gasteiger partial charge in [0.25, 0.3) is 0 Å². The van der Waals surface area contributed by atoms with E-state index in [1.807, 2.05) is 6.07 Å². The molecule has 1 heterocycles. The Kier molecular flexibility index (Phi) is 4.26. The zero-order valence-electron chi connectivity index (χ0n) is 11.0. The molecule has 0 radical (unpaired) electrons. The van der Waals surface area contributed by atoms with Gasteiger partial charge in [0.05, 0.1) is 10.6 Å². The van der Waals surface area contributed by atoms with E-state index in [9.17, 15) is 9.18 Å². The fourth-order valence-electron chi connectivity index (χ4n) is 1.90. The van der Waals surface area contributed by atoms with Crippen LogP contribution >= 0.6 is 34.2 Å². The molecule has 0 saturated carbocycles. The van der Waals surface area contributed by atoms with Crippen LogP contribution in [-0.4, -0.2) is 11.9 Å². The predicted molar refractivity (Wildman–Crippen MR) is 91.2 cm³/mol. The Balaban J connectivity index is 1.97. The number of carbonyl (C=O) groups excluding carboxylic acids is 1. The predicted octanol–water partition coefficient (Wildman–Crippen LogP) is 4.43. The average molecular weight is 428 g/mol. The van der Waals surface area contributed by atoms with E-state index < -0.39 is 5.97 Å². The van der Waals surface area contributed by atoms with Gasteiger partial charge in [0.15, 0.2) is 5.70 Å². The van der Waals surface area contributed by atoms with Crippen LogP contribution in [0.5, 0.6) is 0 Å². The molecule has 3 nitrogen and oxygen atoms in total. The molecule has 0 aliphatic carbocycles. The minimum atomic E-state index is -0.561. The van der Waals surface area contributed by atoms with Crippen LogP contribution < -0.4 is 0 Å². The monoisotopic (exact) mass is 427 g/mol. The van der Waals surface area contributed by atoms with E-state index in [0.29, 0.717) is 16.1 Å².